The molecule has 0 fully saturated rings. The van der Waals surface area contributed by atoms with Crippen LogP contribution in [-0.4, -0.2) is 20.4 Å². The number of benzene rings is 1. The molecule has 0 radical (unpaired) electrons. The molecule has 26 heavy (non-hydrogen) atoms. The lowest BCUT2D eigenvalue weighted by molar-refractivity contribution is 0.102. The van der Waals surface area contributed by atoms with Crippen LogP contribution in [0.15, 0.2) is 53.2 Å². The quantitative estimate of drug-likeness (QED) is 0.604. The van der Waals surface area contributed by atoms with Crippen LogP contribution in [-0.2, 0) is 0 Å². The Hall–Kier alpha value is -3.41. The van der Waals surface area contributed by atoms with Gasteiger partial charge < -0.3 is 9.84 Å². The van der Waals surface area contributed by atoms with Crippen LogP contribution in [0.3, 0.4) is 0 Å². The Balaban J connectivity index is 1.88. The number of aromatic nitrogens is 3. The first-order valence-corrected chi connectivity index (χ1v) is 8.33. The zero-order chi connectivity index (χ0) is 18.3. The maximum absolute atomic E-state index is 12.9. The van der Waals surface area contributed by atoms with Crippen LogP contribution < -0.4 is 5.32 Å². The Bertz CT molecular complexity index is 1090. The number of hydrogen-bond donors (Lipinski definition) is 1. The van der Waals surface area contributed by atoms with E-state index in [9.17, 15) is 4.79 Å². The minimum Gasteiger partial charge on any atom is -0.361 e. The van der Waals surface area contributed by atoms with Gasteiger partial charge in [-0.3, -0.25) is 9.20 Å². The van der Waals surface area contributed by atoms with E-state index in [1.807, 2.05) is 60.0 Å². The fraction of sp³-hybridized carbons (Fsp3) is 0.150. The molecule has 0 aliphatic rings. The third-order valence-corrected chi connectivity index (χ3v) is 4.38. The lowest BCUT2D eigenvalue weighted by Crippen LogP contribution is -2.15. The molecule has 4 rings (SSSR count). The SMILES string of the molecule is Cc1noc(C)c1C(=O)Nc1c(-c2ccccc2)nc2c(C)cccn12. The van der Waals surface area contributed by atoms with Crippen LogP contribution in [0.4, 0.5) is 5.82 Å². The second-order valence-electron chi connectivity index (χ2n) is 6.21. The maximum atomic E-state index is 12.9. The summed E-state index contributed by atoms with van der Waals surface area (Å²) in [5, 5.41) is 6.87. The van der Waals surface area contributed by atoms with E-state index in [0.29, 0.717) is 22.8 Å². The van der Waals surface area contributed by atoms with Crippen LogP contribution in [0.2, 0.25) is 0 Å². The van der Waals surface area contributed by atoms with E-state index in [1.54, 1.807) is 13.8 Å². The van der Waals surface area contributed by atoms with Crippen LogP contribution >= 0.6 is 0 Å². The van der Waals surface area contributed by atoms with Gasteiger partial charge in [0.15, 0.2) is 0 Å². The summed E-state index contributed by atoms with van der Waals surface area (Å²) in [6.45, 7) is 5.48. The summed E-state index contributed by atoms with van der Waals surface area (Å²) in [4.78, 5) is 17.6. The average molecular weight is 346 g/mol. The number of rotatable bonds is 3. The average Bonchev–Trinajstić information content (AvgIpc) is 3.17. The predicted octanol–water partition coefficient (Wildman–Crippen LogP) is 4.17. The normalized spacial score (nSPS) is 11.0. The molecular formula is C20H18N4O2. The molecule has 0 atom stereocenters. The smallest absolute Gasteiger partial charge is 0.262 e. The lowest BCUT2D eigenvalue weighted by Gasteiger charge is -2.08. The number of fused-ring (bicyclic) bond motifs is 1. The Kier molecular flexibility index (Phi) is 3.80. The number of carbonyl (C=O) groups is 1. The van der Waals surface area contributed by atoms with Crippen molar-refractivity contribution in [1.82, 2.24) is 14.5 Å². The molecule has 0 aliphatic carbocycles. The molecule has 0 saturated heterocycles. The Morgan fingerprint density at radius 2 is 1.85 bits per heavy atom. The molecule has 3 aromatic heterocycles. The molecule has 130 valence electrons. The molecule has 1 aromatic carbocycles. The molecule has 0 saturated carbocycles. The van der Waals surface area contributed by atoms with E-state index in [4.69, 9.17) is 9.51 Å². The number of nitrogens with zero attached hydrogens (tertiary/aromatic N) is 3. The van der Waals surface area contributed by atoms with Gasteiger partial charge in [0.25, 0.3) is 5.91 Å². The molecular weight excluding hydrogens is 328 g/mol. The van der Waals surface area contributed by atoms with Crippen molar-refractivity contribution in [2.24, 2.45) is 0 Å². The van der Waals surface area contributed by atoms with E-state index in [2.05, 4.69) is 10.5 Å². The van der Waals surface area contributed by atoms with Gasteiger partial charge in [-0.25, -0.2) is 4.98 Å². The van der Waals surface area contributed by atoms with Gasteiger partial charge in [-0.1, -0.05) is 41.6 Å². The van der Waals surface area contributed by atoms with E-state index in [0.717, 1.165) is 22.5 Å². The van der Waals surface area contributed by atoms with E-state index >= 15 is 0 Å². The Labute approximate surface area is 150 Å². The molecule has 4 aromatic rings. The molecule has 0 bridgehead atoms. The number of pyridine rings is 1. The van der Waals surface area contributed by atoms with Crippen molar-refractivity contribution < 1.29 is 9.32 Å². The highest BCUT2D eigenvalue weighted by atomic mass is 16.5. The van der Waals surface area contributed by atoms with Gasteiger partial charge in [-0.05, 0) is 32.4 Å². The van der Waals surface area contributed by atoms with Crippen molar-refractivity contribution in [2.75, 3.05) is 5.32 Å². The highest BCUT2D eigenvalue weighted by Crippen LogP contribution is 2.30. The highest BCUT2D eigenvalue weighted by Gasteiger charge is 2.22. The zero-order valence-corrected chi connectivity index (χ0v) is 14.8. The van der Waals surface area contributed by atoms with E-state index < -0.39 is 0 Å². The molecule has 0 unspecified atom stereocenters. The topological polar surface area (TPSA) is 72.4 Å². The van der Waals surface area contributed by atoms with Crippen molar-refractivity contribution in [3.63, 3.8) is 0 Å². The van der Waals surface area contributed by atoms with Crippen LogP contribution in [0.25, 0.3) is 16.9 Å². The van der Waals surface area contributed by atoms with Crippen LogP contribution in [0.1, 0.15) is 27.4 Å². The Morgan fingerprint density at radius 1 is 1.08 bits per heavy atom. The Morgan fingerprint density at radius 3 is 2.54 bits per heavy atom. The summed E-state index contributed by atoms with van der Waals surface area (Å²) in [5.41, 5.74) is 4.51. The molecule has 0 aliphatic heterocycles. The van der Waals surface area contributed by atoms with Gasteiger partial charge in [0, 0.05) is 11.8 Å². The third-order valence-electron chi connectivity index (χ3n) is 4.38. The van der Waals surface area contributed by atoms with Crippen LogP contribution in [0, 0.1) is 20.8 Å². The molecule has 6 heteroatoms. The van der Waals surface area contributed by atoms with E-state index in [-0.39, 0.29) is 5.91 Å². The number of carbonyl (C=O) groups excluding carboxylic acids is 1. The summed E-state index contributed by atoms with van der Waals surface area (Å²) >= 11 is 0. The summed E-state index contributed by atoms with van der Waals surface area (Å²) < 4.78 is 7.02. The van der Waals surface area contributed by atoms with Gasteiger partial charge in [-0.2, -0.15) is 0 Å². The van der Waals surface area contributed by atoms with Crippen molar-refractivity contribution in [1.29, 1.82) is 0 Å². The molecule has 6 nitrogen and oxygen atoms in total. The van der Waals surface area contributed by atoms with E-state index in [1.165, 1.54) is 0 Å². The summed E-state index contributed by atoms with van der Waals surface area (Å²) in [5.74, 6) is 0.855. The number of amides is 1. The fourth-order valence-corrected chi connectivity index (χ4v) is 3.10. The molecule has 0 spiro atoms. The first-order chi connectivity index (χ1) is 12.6. The van der Waals surface area contributed by atoms with Gasteiger partial charge in [0.1, 0.15) is 28.5 Å². The highest BCUT2D eigenvalue weighted by molar-refractivity contribution is 6.07. The molecule has 1 amide bonds. The molecule has 3 heterocycles. The van der Waals surface area contributed by atoms with Gasteiger partial charge in [-0.15, -0.1) is 0 Å². The van der Waals surface area contributed by atoms with Crippen molar-refractivity contribution in [2.45, 2.75) is 20.8 Å². The van der Waals surface area contributed by atoms with Crippen LogP contribution in [0.5, 0.6) is 0 Å². The van der Waals surface area contributed by atoms with Crippen molar-refractivity contribution in [3.05, 3.63) is 71.2 Å². The number of nitrogens with one attached hydrogen (secondary N) is 1. The minimum atomic E-state index is -0.262. The van der Waals surface area contributed by atoms with Gasteiger partial charge >= 0.3 is 0 Å². The summed E-state index contributed by atoms with van der Waals surface area (Å²) in [6.07, 6.45) is 1.89. The number of imidazole rings is 1. The summed E-state index contributed by atoms with van der Waals surface area (Å²) in [6, 6.07) is 13.7. The summed E-state index contributed by atoms with van der Waals surface area (Å²) in [7, 11) is 0. The van der Waals surface area contributed by atoms with Gasteiger partial charge in [0.05, 0.1) is 5.69 Å². The van der Waals surface area contributed by atoms with Crippen molar-refractivity contribution in [3.8, 4) is 11.3 Å². The molecule has 1 N–H and O–H groups in total. The first-order valence-electron chi connectivity index (χ1n) is 8.33. The number of aryl methyl sites for hydroxylation is 3. The minimum absolute atomic E-state index is 0.262. The fourth-order valence-electron chi connectivity index (χ4n) is 3.10. The van der Waals surface area contributed by atoms with Crippen molar-refractivity contribution >= 4 is 17.4 Å². The first kappa shape index (κ1) is 16.1. The predicted molar refractivity (Wildman–Crippen MR) is 99.3 cm³/mol. The van der Waals surface area contributed by atoms with Gasteiger partial charge in [0.2, 0.25) is 0 Å². The second kappa shape index (κ2) is 6.15. The third kappa shape index (κ3) is 2.56. The lowest BCUT2D eigenvalue weighted by atomic mass is 10.1. The maximum Gasteiger partial charge on any atom is 0.262 e. The number of hydrogen-bond acceptors (Lipinski definition) is 4. The standard InChI is InChI=1S/C20H18N4O2/c1-12-8-7-11-24-18(12)21-17(15-9-5-4-6-10-15)19(24)22-20(25)16-13(2)23-26-14(16)3/h4-11H,1-3H3,(H,22,25). The second-order valence-corrected chi connectivity index (χ2v) is 6.21. The largest absolute Gasteiger partial charge is 0.361 e. The number of anilines is 1. The zero-order valence-electron chi connectivity index (χ0n) is 14.8. The monoisotopic (exact) mass is 346 g/mol.